The predicted octanol–water partition coefficient (Wildman–Crippen LogP) is 4.96. The summed E-state index contributed by atoms with van der Waals surface area (Å²) in [4.78, 5) is 17.3. The van der Waals surface area contributed by atoms with Crippen molar-refractivity contribution in [3.05, 3.63) is 71.4 Å². The van der Waals surface area contributed by atoms with Crippen molar-refractivity contribution in [3.8, 4) is 11.5 Å². The molecule has 0 spiro atoms. The molecule has 1 aromatic carbocycles. The second-order valence-electron chi connectivity index (χ2n) is 9.13. The molecule has 35 heavy (non-hydrogen) atoms. The van der Waals surface area contributed by atoms with Crippen LogP contribution in [0.5, 0.6) is 11.5 Å². The van der Waals surface area contributed by atoms with Gasteiger partial charge in [0, 0.05) is 42.8 Å². The van der Waals surface area contributed by atoms with E-state index in [2.05, 4.69) is 36.2 Å². The minimum Gasteiger partial charge on any atom is -0.493 e. The first-order valence-corrected chi connectivity index (χ1v) is 11.9. The van der Waals surface area contributed by atoms with Gasteiger partial charge in [-0.2, -0.15) is 5.10 Å². The van der Waals surface area contributed by atoms with Gasteiger partial charge in [0.05, 0.1) is 18.5 Å². The number of anilines is 1. The average Bonchev–Trinajstić information content (AvgIpc) is 3.36. The number of hydrogen-bond donors (Lipinski definition) is 1. The van der Waals surface area contributed by atoms with Gasteiger partial charge >= 0.3 is 0 Å². The molecule has 0 radical (unpaired) electrons. The number of carbonyl (C=O) groups excluding carboxylic acids is 1. The van der Waals surface area contributed by atoms with Gasteiger partial charge < -0.3 is 19.2 Å². The van der Waals surface area contributed by atoms with Crippen molar-refractivity contribution < 1.29 is 14.3 Å². The largest absolute Gasteiger partial charge is 0.493 e. The van der Waals surface area contributed by atoms with E-state index in [9.17, 15) is 4.79 Å². The number of methoxy groups -OCH3 is 1. The third-order valence-corrected chi connectivity index (χ3v) is 5.91. The van der Waals surface area contributed by atoms with Gasteiger partial charge in [0.15, 0.2) is 11.5 Å². The van der Waals surface area contributed by atoms with Crippen LogP contribution in [0.25, 0.3) is 5.65 Å². The van der Waals surface area contributed by atoms with Crippen LogP contribution in [0.3, 0.4) is 0 Å². The molecule has 0 atom stereocenters. The topological polar surface area (TPSA) is 82.7 Å². The van der Waals surface area contributed by atoms with Crippen molar-refractivity contribution in [1.82, 2.24) is 19.2 Å². The minimum absolute atomic E-state index is 0.0584. The van der Waals surface area contributed by atoms with Gasteiger partial charge in [0.1, 0.15) is 12.3 Å². The summed E-state index contributed by atoms with van der Waals surface area (Å²) >= 11 is 0. The summed E-state index contributed by atoms with van der Waals surface area (Å²) in [7, 11) is 1.59. The Morgan fingerprint density at radius 2 is 1.97 bits per heavy atom. The van der Waals surface area contributed by atoms with Gasteiger partial charge in [-0.05, 0) is 56.0 Å². The third kappa shape index (κ3) is 5.82. The number of amides is 1. The van der Waals surface area contributed by atoms with Crippen LogP contribution in [0.4, 0.5) is 5.69 Å². The van der Waals surface area contributed by atoms with Crippen molar-refractivity contribution >= 4 is 17.2 Å². The van der Waals surface area contributed by atoms with E-state index in [-0.39, 0.29) is 12.5 Å². The van der Waals surface area contributed by atoms with E-state index in [0.717, 1.165) is 34.8 Å². The van der Waals surface area contributed by atoms with Gasteiger partial charge in [-0.1, -0.05) is 19.9 Å². The van der Waals surface area contributed by atoms with E-state index < -0.39 is 0 Å². The highest BCUT2D eigenvalue weighted by Crippen LogP contribution is 2.31. The Labute approximate surface area is 205 Å². The number of pyridine rings is 1. The van der Waals surface area contributed by atoms with Crippen LogP contribution < -0.4 is 14.8 Å². The van der Waals surface area contributed by atoms with Crippen LogP contribution in [0.15, 0.2) is 48.8 Å². The van der Waals surface area contributed by atoms with E-state index in [1.807, 2.05) is 52.7 Å². The molecule has 3 aromatic heterocycles. The molecule has 1 amide bonds. The second-order valence-corrected chi connectivity index (χ2v) is 9.13. The molecule has 3 heterocycles. The normalized spacial score (nSPS) is 11.3. The number of carbonyl (C=O) groups is 1. The monoisotopic (exact) mass is 475 g/mol. The van der Waals surface area contributed by atoms with E-state index in [0.29, 0.717) is 35.9 Å². The molecule has 4 aromatic rings. The number of nitrogens with one attached hydrogen (secondary N) is 1. The highest BCUT2D eigenvalue weighted by Gasteiger charge is 2.15. The fourth-order valence-corrected chi connectivity index (χ4v) is 4.16. The highest BCUT2D eigenvalue weighted by molar-refractivity contribution is 5.91. The lowest BCUT2D eigenvalue weighted by Gasteiger charge is -2.12. The maximum absolute atomic E-state index is 12.7. The van der Waals surface area contributed by atoms with Crippen molar-refractivity contribution in [2.24, 2.45) is 5.92 Å². The Bertz CT molecular complexity index is 1290. The molecular formula is C27H33N5O3. The third-order valence-electron chi connectivity index (χ3n) is 5.91. The zero-order valence-corrected chi connectivity index (χ0v) is 21.0. The first-order valence-electron chi connectivity index (χ1n) is 11.9. The summed E-state index contributed by atoms with van der Waals surface area (Å²) in [6.45, 7) is 9.59. The summed E-state index contributed by atoms with van der Waals surface area (Å²) < 4.78 is 15.4. The molecule has 184 valence electrons. The number of ether oxygens (including phenoxy) is 2. The SMILES string of the molecule is COc1ccc(NC(=O)CCc2c(C)nn(CC(C)C)c2C)cc1OCc1cn2ccccc2n1. The first-order chi connectivity index (χ1) is 16.8. The highest BCUT2D eigenvalue weighted by atomic mass is 16.5. The van der Waals surface area contributed by atoms with Crippen LogP contribution in [0.1, 0.15) is 42.9 Å². The number of hydrogen-bond acceptors (Lipinski definition) is 5. The maximum Gasteiger partial charge on any atom is 0.224 e. The van der Waals surface area contributed by atoms with E-state index >= 15 is 0 Å². The van der Waals surface area contributed by atoms with Gasteiger partial charge in [0.2, 0.25) is 5.91 Å². The molecule has 0 aliphatic rings. The number of benzene rings is 1. The Hall–Kier alpha value is -3.81. The average molecular weight is 476 g/mol. The molecule has 0 unspecified atom stereocenters. The van der Waals surface area contributed by atoms with Crippen molar-refractivity contribution in [1.29, 1.82) is 0 Å². The number of imidazole rings is 1. The lowest BCUT2D eigenvalue weighted by Crippen LogP contribution is -2.13. The van der Waals surface area contributed by atoms with Gasteiger partial charge in [-0.3, -0.25) is 9.48 Å². The summed E-state index contributed by atoms with van der Waals surface area (Å²) in [5, 5.41) is 7.63. The predicted molar refractivity (Wildman–Crippen MR) is 136 cm³/mol. The molecule has 0 aliphatic heterocycles. The molecule has 8 nitrogen and oxygen atoms in total. The van der Waals surface area contributed by atoms with E-state index in [1.165, 1.54) is 0 Å². The van der Waals surface area contributed by atoms with Crippen LogP contribution >= 0.6 is 0 Å². The lowest BCUT2D eigenvalue weighted by molar-refractivity contribution is -0.116. The van der Waals surface area contributed by atoms with Crippen molar-refractivity contribution in [2.75, 3.05) is 12.4 Å². The second kappa shape index (κ2) is 10.6. The minimum atomic E-state index is -0.0584. The maximum atomic E-state index is 12.7. The smallest absolute Gasteiger partial charge is 0.224 e. The summed E-state index contributed by atoms with van der Waals surface area (Å²) in [5.41, 5.74) is 5.59. The van der Waals surface area contributed by atoms with Crippen molar-refractivity contribution in [2.45, 2.75) is 53.7 Å². The summed E-state index contributed by atoms with van der Waals surface area (Å²) in [6.07, 6.45) is 4.90. The summed E-state index contributed by atoms with van der Waals surface area (Å²) in [6, 6.07) is 11.2. The van der Waals surface area contributed by atoms with Crippen molar-refractivity contribution in [3.63, 3.8) is 0 Å². The molecule has 0 bridgehead atoms. The zero-order valence-electron chi connectivity index (χ0n) is 21.0. The van der Waals surface area contributed by atoms with E-state index in [4.69, 9.17) is 9.47 Å². The quantitative estimate of drug-likeness (QED) is 0.350. The molecule has 4 rings (SSSR count). The van der Waals surface area contributed by atoms with Gasteiger partial charge in [-0.15, -0.1) is 0 Å². The van der Waals surface area contributed by atoms with Crippen LogP contribution in [0, 0.1) is 19.8 Å². The first kappa shape index (κ1) is 24.3. The lowest BCUT2D eigenvalue weighted by atomic mass is 10.1. The number of aryl methyl sites for hydroxylation is 1. The molecule has 1 N–H and O–H groups in total. The number of nitrogens with zero attached hydrogens (tertiary/aromatic N) is 4. The molecule has 0 saturated heterocycles. The summed E-state index contributed by atoms with van der Waals surface area (Å²) in [5.74, 6) is 1.60. The molecule has 0 fully saturated rings. The molecular weight excluding hydrogens is 442 g/mol. The fourth-order valence-electron chi connectivity index (χ4n) is 4.16. The molecule has 8 heteroatoms. The Morgan fingerprint density at radius 1 is 1.14 bits per heavy atom. The van der Waals surface area contributed by atoms with Crippen LogP contribution in [-0.2, 0) is 24.4 Å². The number of rotatable bonds is 10. The Morgan fingerprint density at radius 3 is 2.71 bits per heavy atom. The van der Waals surface area contributed by atoms with Gasteiger partial charge in [0.25, 0.3) is 0 Å². The fraction of sp³-hybridized carbons (Fsp3) is 0.370. The van der Waals surface area contributed by atoms with Crippen LogP contribution in [-0.4, -0.2) is 32.2 Å². The number of aromatic nitrogens is 4. The standard InChI is InChI=1S/C27H33N5O3/c1-18(2)15-32-20(4)23(19(3)30-32)10-12-27(33)29-21-9-11-24(34-5)25(14-21)35-17-22-16-31-13-7-6-8-26(31)28-22/h6-9,11,13-14,16,18H,10,12,15,17H2,1-5H3,(H,29,33). The van der Waals surface area contributed by atoms with Gasteiger partial charge in [-0.25, -0.2) is 4.98 Å². The molecule has 0 aliphatic carbocycles. The Balaban J connectivity index is 1.39. The Kier molecular flexibility index (Phi) is 7.39. The van der Waals surface area contributed by atoms with E-state index in [1.54, 1.807) is 19.2 Å². The molecule has 0 saturated carbocycles. The number of fused-ring (bicyclic) bond motifs is 1. The zero-order chi connectivity index (χ0) is 24.9. The van der Waals surface area contributed by atoms with Crippen LogP contribution in [0.2, 0.25) is 0 Å².